The summed E-state index contributed by atoms with van der Waals surface area (Å²) in [4.78, 5) is 36.5. The van der Waals surface area contributed by atoms with Crippen LogP contribution in [0.25, 0.3) is 16.6 Å². The summed E-state index contributed by atoms with van der Waals surface area (Å²) >= 11 is 0. The van der Waals surface area contributed by atoms with Gasteiger partial charge in [0.15, 0.2) is 0 Å². The van der Waals surface area contributed by atoms with Gasteiger partial charge in [0, 0.05) is 26.2 Å². The molecule has 1 N–H and O–H groups in total. The molecule has 4 rings (SSSR count). The summed E-state index contributed by atoms with van der Waals surface area (Å²) in [6.45, 7) is 6.24. The topological polar surface area (TPSA) is 91.6 Å². The number of halogens is 3. The third-order valence-electron chi connectivity index (χ3n) is 5.59. The number of fused-ring (bicyclic) bond motifs is 1. The number of phenolic OH excluding ortho intramolecular Hbond substituents is 1. The SMILES string of the molecule is C=CC(=O)N1CCN(c2ncnc3c(=O)n(-c4c(C)cccc4O)c(C(F)(F)F)cc23)CC1. The Morgan fingerprint density at radius 3 is 2.48 bits per heavy atom. The molecule has 8 nitrogen and oxygen atoms in total. The fourth-order valence-corrected chi connectivity index (χ4v) is 3.99. The van der Waals surface area contributed by atoms with Crippen LogP contribution in [-0.2, 0) is 11.0 Å². The Morgan fingerprint density at radius 1 is 1.18 bits per heavy atom. The number of hydrogen-bond donors (Lipinski definition) is 1. The molecule has 0 spiro atoms. The summed E-state index contributed by atoms with van der Waals surface area (Å²) in [5.41, 5.74) is -2.44. The summed E-state index contributed by atoms with van der Waals surface area (Å²) in [6, 6.07) is 5.03. The first kappa shape index (κ1) is 22.3. The summed E-state index contributed by atoms with van der Waals surface area (Å²) in [5, 5.41) is 10.2. The van der Waals surface area contributed by atoms with Gasteiger partial charge in [-0.15, -0.1) is 0 Å². The second-order valence-corrected chi connectivity index (χ2v) is 7.59. The minimum Gasteiger partial charge on any atom is -0.506 e. The number of para-hydroxylation sites is 1. The molecule has 1 fully saturated rings. The lowest BCUT2D eigenvalue weighted by atomic mass is 10.1. The predicted molar refractivity (Wildman–Crippen MR) is 116 cm³/mol. The molecule has 1 aliphatic rings. The maximum Gasteiger partial charge on any atom is 0.431 e. The van der Waals surface area contributed by atoms with Crippen LogP contribution in [0, 0.1) is 6.92 Å². The van der Waals surface area contributed by atoms with Gasteiger partial charge in [-0.05, 0) is 30.7 Å². The number of nitrogens with zero attached hydrogens (tertiary/aromatic N) is 5. The van der Waals surface area contributed by atoms with Gasteiger partial charge in [-0.25, -0.2) is 9.97 Å². The smallest absolute Gasteiger partial charge is 0.431 e. The van der Waals surface area contributed by atoms with Crippen molar-refractivity contribution in [3.8, 4) is 11.4 Å². The lowest BCUT2D eigenvalue weighted by molar-refractivity contribution is -0.142. The van der Waals surface area contributed by atoms with Crippen molar-refractivity contribution in [3.63, 3.8) is 0 Å². The maximum absolute atomic E-state index is 14.1. The van der Waals surface area contributed by atoms with E-state index in [0.717, 1.165) is 12.4 Å². The molecule has 33 heavy (non-hydrogen) atoms. The second kappa shape index (κ2) is 8.23. The third-order valence-corrected chi connectivity index (χ3v) is 5.59. The number of carbonyl (C=O) groups is 1. The van der Waals surface area contributed by atoms with Crippen molar-refractivity contribution < 1.29 is 23.1 Å². The van der Waals surface area contributed by atoms with E-state index in [2.05, 4.69) is 16.5 Å². The molecule has 0 unspecified atom stereocenters. The Labute approximate surface area is 186 Å². The summed E-state index contributed by atoms with van der Waals surface area (Å²) in [6.07, 6.45) is -2.57. The molecule has 0 atom stereocenters. The molecule has 1 aromatic carbocycles. The van der Waals surface area contributed by atoms with Gasteiger partial charge in [-0.3, -0.25) is 14.2 Å². The van der Waals surface area contributed by atoms with Crippen molar-refractivity contribution in [2.24, 2.45) is 0 Å². The molecule has 1 saturated heterocycles. The fourth-order valence-electron chi connectivity index (χ4n) is 3.99. The molecule has 0 saturated carbocycles. The first-order chi connectivity index (χ1) is 15.6. The minimum atomic E-state index is -4.90. The third kappa shape index (κ3) is 3.90. The highest BCUT2D eigenvalue weighted by Gasteiger charge is 2.37. The largest absolute Gasteiger partial charge is 0.506 e. The number of carbonyl (C=O) groups excluding carboxylic acids is 1. The average molecular weight is 459 g/mol. The molecule has 1 aliphatic heterocycles. The van der Waals surface area contributed by atoms with Crippen LogP contribution in [0.3, 0.4) is 0 Å². The molecular formula is C22H20F3N5O3. The molecule has 11 heteroatoms. The van der Waals surface area contributed by atoms with Gasteiger partial charge in [0.25, 0.3) is 5.56 Å². The van der Waals surface area contributed by atoms with Crippen LogP contribution in [0.15, 0.2) is 48.0 Å². The van der Waals surface area contributed by atoms with Crippen molar-refractivity contribution in [2.75, 3.05) is 31.1 Å². The summed E-state index contributed by atoms with van der Waals surface area (Å²) < 4.78 is 42.8. The van der Waals surface area contributed by atoms with Crippen molar-refractivity contribution >= 4 is 22.6 Å². The number of hydrogen-bond acceptors (Lipinski definition) is 6. The van der Waals surface area contributed by atoms with Gasteiger partial charge in [0.05, 0.1) is 11.1 Å². The maximum atomic E-state index is 14.1. The molecule has 0 bridgehead atoms. The fraction of sp³-hybridized carbons (Fsp3) is 0.273. The zero-order chi connectivity index (χ0) is 23.9. The summed E-state index contributed by atoms with van der Waals surface area (Å²) in [5.74, 6) is -0.517. The van der Waals surface area contributed by atoms with E-state index in [9.17, 15) is 27.9 Å². The molecular weight excluding hydrogens is 439 g/mol. The number of piperazine rings is 1. The number of anilines is 1. The van der Waals surface area contributed by atoms with E-state index in [1.807, 2.05) is 0 Å². The van der Waals surface area contributed by atoms with Crippen LogP contribution in [-0.4, -0.2) is 56.6 Å². The van der Waals surface area contributed by atoms with Crippen LogP contribution in [0.5, 0.6) is 5.75 Å². The van der Waals surface area contributed by atoms with Crippen LogP contribution < -0.4 is 10.5 Å². The van der Waals surface area contributed by atoms with Crippen molar-refractivity contribution in [1.29, 1.82) is 0 Å². The molecule has 3 heterocycles. The summed E-state index contributed by atoms with van der Waals surface area (Å²) in [7, 11) is 0. The van der Waals surface area contributed by atoms with E-state index >= 15 is 0 Å². The van der Waals surface area contributed by atoms with E-state index in [1.54, 1.807) is 9.80 Å². The average Bonchev–Trinajstić information content (AvgIpc) is 2.78. The second-order valence-electron chi connectivity index (χ2n) is 7.59. The van der Waals surface area contributed by atoms with Gasteiger partial charge in [-0.1, -0.05) is 18.7 Å². The molecule has 172 valence electrons. The Kier molecular flexibility index (Phi) is 5.56. The Hall–Kier alpha value is -3.89. The standard InChI is InChI=1S/C22H20F3N5O3/c1-3-17(32)28-7-9-29(10-8-28)20-14-11-16(22(23,24)25)30(21(33)18(14)26-12-27-20)19-13(2)5-4-6-15(19)31/h3-6,11-12,31H,1,7-10H2,2H3. The predicted octanol–water partition coefficient (Wildman–Crippen LogP) is 2.65. The Balaban J connectivity index is 1.91. The van der Waals surface area contributed by atoms with E-state index in [0.29, 0.717) is 36.3 Å². The van der Waals surface area contributed by atoms with E-state index in [1.165, 1.54) is 31.2 Å². The lowest BCUT2D eigenvalue weighted by Gasteiger charge is -2.35. The first-order valence-corrected chi connectivity index (χ1v) is 10.1. The quantitative estimate of drug-likeness (QED) is 0.606. The number of alkyl halides is 3. The zero-order valence-electron chi connectivity index (χ0n) is 17.6. The molecule has 3 aromatic rings. The normalized spacial score (nSPS) is 14.5. The number of aromatic hydroxyl groups is 1. The number of benzene rings is 1. The first-order valence-electron chi connectivity index (χ1n) is 10.1. The van der Waals surface area contributed by atoms with E-state index in [-0.39, 0.29) is 28.3 Å². The number of aryl methyl sites for hydroxylation is 1. The van der Waals surface area contributed by atoms with Gasteiger partial charge in [-0.2, -0.15) is 13.2 Å². The van der Waals surface area contributed by atoms with Crippen molar-refractivity contribution in [3.05, 3.63) is 64.9 Å². The zero-order valence-corrected chi connectivity index (χ0v) is 17.6. The molecule has 0 radical (unpaired) electrons. The van der Waals surface area contributed by atoms with E-state index < -0.39 is 23.2 Å². The highest BCUT2D eigenvalue weighted by atomic mass is 19.4. The lowest BCUT2D eigenvalue weighted by Crippen LogP contribution is -2.48. The molecule has 2 aromatic heterocycles. The molecule has 1 amide bonds. The van der Waals surface area contributed by atoms with Crippen LogP contribution >= 0.6 is 0 Å². The van der Waals surface area contributed by atoms with Gasteiger partial charge < -0.3 is 14.9 Å². The van der Waals surface area contributed by atoms with Crippen LogP contribution in [0.2, 0.25) is 0 Å². The van der Waals surface area contributed by atoms with Crippen LogP contribution in [0.4, 0.5) is 19.0 Å². The Bertz CT molecular complexity index is 1290. The van der Waals surface area contributed by atoms with Gasteiger partial charge in [0.2, 0.25) is 5.91 Å². The van der Waals surface area contributed by atoms with E-state index in [4.69, 9.17) is 0 Å². The highest BCUT2D eigenvalue weighted by molar-refractivity contribution is 5.90. The van der Waals surface area contributed by atoms with Crippen molar-refractivity contribution in [2.45, 2.75) is 13.1 Å². The van der Waals surface area contributed by atoms with Crippen molar-refractivity contribution in [1.82, 2.24) is 19.4 Å². The highest BCUT2D eigenvalue weighted by Crippen LogP contribution is 2.36. The van der Waals surface area contributed by atoms with Crippen LogP contribution in [0.1, 0.15) is 11.3 Å². The minimum absolute atomic E-state index is 0.0531. The van der Waals surface area contributed by atoms with Gasteiger partial charge in [0.1, 0.15) is 29.1 Å². The Morgan fingerprint density at radius 2 is 1.88 bits per heavy atom. The number of amides is 1. The molecule has 0 aliphatic carbocycles. The number of aromatic nitrogens is 3. The number of pyridine rings is 1. The monoisotopic (exact) mass is 459 g/mol. The number of rotatable bonds is 3. The van der Waals surface area contributed by atoms with Gasteiger partial charge >= 0.3 is 6.18 Å². The number of phenols is 1.